The molecule has 1 amide bonds. The molecule has 0 saturated carbocycles. The van der Waals surface area contributed by atoms with Gasteiger partial charge in [-0.1, -0.05) is 18.2 Å². The van der Waals surface area contributed by atoms with Crippen LogP contribution in [0.4, 0.5) is 15.8 Å². The normalized spacial score (nSPS) is 10.3. The third-order valence-corrected chi connectivity index (χ3v) is 3.28. The molecule has 110 valence electrons. The van der Waals surface area contributed by atoms with E-state index in [9.17, 15) is 9.18 Å². The Morgan fingerprint density at radius 2 is 1.81 bits per heavy atom. The quantitative estimate of drug-likeness (QED) is 0.891. The SMILES string of the molecule is CC(=O)Nc1cc(NCc2ccc(C)c(F)c2)ccc1C. The van der Waals surface area contributed by atoms with Crippen molar-refractivity contribution in [1.29, 1.82) is 0 Å². The molecule has 2 N–H and O–H groups in total. The maximum absolute atomic E-state index is 13.5. The van der Waals surface area contributed by atoms with Crippen molar-refractivity contribution in [2.24, 2.45) is 0 Å². The first-order chi connectivity index (χ1) is 9.95. The number of amides is 1. The highest BCUT2D eigenvalue weighted by atomic mass is 19.1. The van der Waals surface area contributed by atoms with Crippen molar-refractivity contribution in [2.45, 2.75) is 27.3 Å². The second-order valence-electron chi connectivity index (χ2n) is 5.15. The van der Waals surface area contributed by atoms with Crippen LogP contribution in [0.5, 0.6) is 0 Å². The summed E-state index contributed by atoms with van der Waals surface area (Å²) in [5.41, 5.74) is 4.17. The van der Waals surface area contributed by atoms with E-state index in [2.05, 4.69) is 10.6 Å². The van der Waals surface area contributed by atoms with Gasteiger partial charge in [-0.3, -0.25) is 4.79 Å². The van der Waals surface area contributed by atoms with Gasteiger partial charge < -0.3 is 10.6 Å². The molecule has 2 aromatic carbocycles. The zero-order chi connectivity index (χ0) is 15.4. The van der Waals surface area contributed by atoms with Gasteiger partial charge in [0.05, 0.1) is 0 Å². The Balaban J connectivity index is 2.09. The molecule has 0 spiro atoms. The molecule has 21 heavy (non-hydrogen) atoms. The molecule has 0 atom stereocenters. The summed E-state index contributed by atoms with van der Waals surface area (Å²) in [6, 6.07) is 10.9. The van der Waals surface area contributed by atoms with E-state index in [-0.39, 0.29) is 11.7 Å². The van der Waals surface area contributed by atoms with Crippen LogP contribution in [0.25, 0.3) is 0 Å². The lowest BCUT2D eigenvalue weighted by molar-refractivity contribution is -0.114. The molecule has 2 aromatic rings. The fourth-order valence-corrected chi connectivity index (χ4v) is 2.01. The minimum absolute atomic E-state index is 0.101. The number of carbonyl (C=O) groups is 1. The summed E-state index contributed by atoms with van der Waals surface area (Å²) < 4.78 is 13.5. The van der Waals surface area contributed by atoms with Crippen molar-refractivity contribution >= 4 is 17.3 Å². The van der Waals surface area contributed by atoms with E-state index in [0.29, 0.717) is 12.1 Å². The Labute approximate surface area is 124 Å². The molecule has 0 fully saturated rings. The molecule has 0 bridgehead atoms. The molecule has 0 aromatic heterocycles. The van der Waals surface area contributed by atoms with Crippen LogP contribution in [0.2, 0.25) is 0 Å². The van der Waals surface area contributed by atoms with Crippen LogP contribution in [0.1, 0.15) is 23.6 Å². The standard InChI is InChI=1S/C17H19FN2O/c1-11-4-6-14(8-16(11)18)10-19-15-7-5-12(2)17(9-15)20-13(3)21/h4-9,19H,10H2,1-3H3,(H,20,21). The molecular formula is C17H19FN2O. The van der Waals surface area contributed by atoms with Crippen LogP contribution in [0, 0.1) is 19.7 Å². The minimum atomic E-state index is -0.197. The Morgan fingerprint density at radius 3 is 2.48 bits per heavy atom. The maximum Gasteiger partial charge on any atom is 0.221 e. The number of halogens is 1. The number of rotatable bonds is 4. The third kappa shape index (κ3) is 4.05. The topological polar surface area (TPSA) is 41.1 Å². The summed E-state index contributed by atoms with van der Waals surface area (Å²) in [4.78, 5) is 11.2. The highest BCUT2D eigenvalue weighted by Gasteiger charge is 2.03. The highest BCUT2D eigenvalue weighted by molar-refractivity contribution is 5.90. The van der Waals surface area contributed by atoms with Gasteiger partial charge in [-0.15, -0.1) is 0 Å². The molecule has 0 saturated heterocycles. The van der Waals surface area contributed by atoms with E-state index in [0.717, 1.165) is 22.5 Å². The van der Waals surface area contributed by atoms with Crippen LogP contribution >= 0.6 is 0 Å². The molecule has 0 unspecified atom stereocenters. The van der Waals surface area contributed by atoms with Gasteiger partial charge in [-0.25, -0.2) is 4.39 Å². The number of benzene rings is 2. The van der Waals surface area contributed by atoms with Gasteiger partial charge in [0.1, 0.15) is 5.82 Å². The lowest BCUT2D eigenvalue weighted by atomic mass is 10.1. The van der Waals surface area contributed by atoms with E-state index in [1.54, 1.807) is 13.0 Å². The number of aryl methyl sites for hydroxylation is 2. The van der Waals surface area contributed by atoms with E-state index < -0.39 is 0 Å². The van der Waals surface area contributed by atoms with E-state index >= 15 is 0 Å². The van der Waals surface area contributed by atoms with Gasteiger partial charge in [-0.05, 0) is 48.7 Å². The fourth-order valence-electron chi connectivity index (χ4n) is 2.01. The van der Waals surface area contributed by atoms with Crippen LogP contribution in [-0.4, -0.2) is 5.91 Å². The molecule has 0 radical (unpaired) electrons. The molecule has 0 aliphatic carbocycles. The first kappa shape index (κ1) is 15.0. The number of hydrogen-bond donors (Lipinski definition) is 2. The number of hydrogen-bond acceptors (Lipinski definition) is 2. The minimum Gasteiger partial charge on any atom is -0.381 e. The maximum atomic E-state index is 13.5. The summed E-state index contributed by atoms with van der Waals surface area (Å²) >= 11 is 0. The van der Waals surface area contributed by atoms with E-state index in [1.165, 1.54) is 13.0 Å². The fraction of sp³-hybridized carbons (Fsp3) is 0.235. The lowest BCUT2D eigenvalue weighted by Crippen LogP contribution is -2.08. The van der Waals surface area contributed by atoms with Crippen molar-refractivity contribution in [2.75, 3.05) is 10.6 Å². The average Bonchev–Trinajstić information content (AvgIpc) is 2.43. The molecule has 0 aliphatic rings. The van der Waals surface area contributed by atoms with E-state index in [1.807, 2.05) is 31.2 Å². The second kappa shape index (κ2) is 6.39. The van der Waals surface area contributed by atoms with Gasteiger partial charge in [0.15, 0.2) is 0 Å². The Bertz CT molecular complexity index is 668. The van der Waals surface area contributed by atoms with Gasteiger partial charge >= 0.3 is 0 Å². The van der Waals surface area contributed by atoms with Crippen molar-refractivity contribution in [1.82, 2.24) is 0 Å². The van der Waals surface area contributed by atoms with E-state index in [4.69, 9.17) is 0 Å². The van der Waals surface area contributed by atoms with Crippen molar-refractivity contribution in [3.8, 4) is 0 Å². The molecule has 0 heterocycles. The summed E-state index contributed by atoms with van der Waals surface area (Å²) in [6.07, 6.45) is 0. The molecular weight excluding hydrogens is 267 g/mol. The largest absolute Gasteiger partial charge is 0.381 e. The zero-order valence-electron chi connectivity index (χ0n) is 12.5. The zero-order valence-corrected chi connectivity index (χ0v) is 12.5. The summed E-state index contributed by atoms with van der Waals surface area (Å²) in [7, 11) is 0. The number of carbonyl (C=O) groups excluding carboxylic acids is 1. The van der Waals surface area contributed by atoms with Crippen LogP contribution < -0.4 is 10.6 Å². The van der Waals surface area contributed by atoms with Crippen LogP contribution in [0.3, 0.4) is 0 Å². The smallest absolute Gasteiger partial charge is 0.221 e. The Hall–Kier alpha value is -2.36. The predicted molar refractivity (Wildman–Crippen MR) is 83.9 cm³/mol. The molecule has 2 rings (SSSR count). The van der Waals surface area contributed by atoms with Crippen LogP contribution in [-0.2, 0) is 11.3 Å². The van der Waals surface area contributed by atoms with Crippen LogP contribution in [0.15, 0.2) is 36.4 Å². The van der Waals surface area contributed by atoms with Crippen molar-refractivity contribution in [3.63, 3.8) is 0 Å². The number of nitrogens with one attached hydrogen (secondary N) is 2. The van der Waals surface area contributed by atoms with Crippen molar-refractivity contribution in [3.05, 3.63) is 58.9 Å². The highest BCUT2D eigenvalue weighted by Crippen LogP contribution is 2.21. The van der Waals surface area contributed by atoms with Gasteiger partial charge in [0.25, 0.3) is 0 Å². The molecule has 3 nitrogen and oxygen atoms in total. The van der Waals surface area contributed by atoms with Gasteiger partial charge in [-0.2, -0.15) is 0 Å². The molecule has 4 heteroatoms. The van der Waals surface area contributed by atoms with Crippen molar-refractivity contribution < 1.29 is 9.18 Å². The first-order valence-corrected chi connectivity index (χ1v) is 6.83. The first-order valence-electron chi connectivity index (χ1n) is 6.83. The Kier molecular flexibility index (Phi) is 4.58. The van der Waals surface area contributed by atoms with Gasteiger partial charge in [0, 0.05) is 24.8 Å². The average molecular weight is 286 g/mol. The monoisotopic (exact) mass is 286 g/mol. The number of anilines is 2. The predicted octanol–water partition coefficient (Wildman–Crippen LogP) is 4.01. The summed E-state index contributed by atoms with van der Waals surface area (Å²) in [5, 5.41) is 6.02. The second-order valence-corrected chi connectivity index (χ2v) is 5.15. The molecule has 0 aliphatic heterocycles. The summed E-state index contributed by atoms with van der Waals surface area (Å²) in [5.74, 6) is -0.298. The third-order valence-electron chi connectivity index (χ3n) is 3.28. The lowest BCUT2D eigenvalue weighted by Gasteiger charge is -2.11. The van der Waals surface area contributed by atoms with Gasteiger partial charge in [0.2, 0.25) is 5.91 Å². The summed E-state index contributed by atoms with van der Waals surface area (Å²) in [6.45, 7) is 5.69. The Morgan fingerprint density at radius 1 is 1.10 bits per heavy atom.